The number of nitrogens with zero attached hydrogens (tertiary/aromatic N) is 1. The minimum Gasteiger partial charge on any atom is -0.322 e. The molecule has 3 nitrogen and oxygen atoms in total. The van der Waals surface area contributed by atoms with Crippen LogP contribution >= 0.6 is 22.6 Å². The lowest BCUT2D eigenvalue weighted by Gasteiger charge is -2.26. The lowest BCUT2D eigenvalue weighted by atomic mass is 9.98. The molecule has 0 aromatic heterocycles. The Morgan fingerprint density at radius 3 is 2.81 bits per heavy atom. The molecule has 0 aliphatic carbocycles. The van der Waals surface area contributed by atoms with E-state index in [4.69, 9.17) is 0 Å². The average Bonchev–Trinajstić information content (AvgIpc) is 2.47. The number of benzene rings is 2. The second-order valence-electron chi connectivity index (χ2n) is 5.37. The highest BCUT2D eigenvalue weighted by molar-refractivity contribution is 14.1. The molecule has 4 heteroatoms. The molecule has 0 unspecified atom stereocenters. The van der Waals surface area contributed by atoms with Crippen molar-refractivity contribution < 1.29 is 4.79 Å². The Morgan fingerprint density at radius 1 is 1.19 bits per heavy atom. The minimum atomic E-state index is -0.0349. The van der Waals surface area contributed by atoms with Gasteiger partial charge in [-0.05, 0) is 65.4 Å². The monoisotopic (exact) mass is 392 g/mol. The third kappa shape index (κ3) is 3.11. The fourth-order valence-electron chi connectivity index (χ4n) is 2.70. The van der Waals surface area contributed by atoms with E-state index in [-0.39, 0.29) is 5.91 Å². The van der Waals surface area contributed by atoms with Crippen LogP contribution in [0, 0.1) is 3.57 Å². The third-order valence-electron chi connectivity index (χ3n) is 3.82. The van der Waals surface area contributed by atoms with Crippen molar-refractivity contribution in [3.8, 4) is 0 Å². The first kappa shape index (κ1) is 14.5. The first-order chi connectivity index (χ1) is 10.1. The number of hydrogen-bond donors (Lipinski definition) is 1. The summed E-state index contributed by atoms with van der Waals surface area (Å²) in [5.74, 6) is -0.0349. The molecule has 2 aromatic carbocycles. The van der Waals surface area contributed by atoms with Crippen LogP contribution in [0.25, 0.3) is 0 Å². The number of carbonyl (C=O) groups excluding carboxylic acids is 1. The lowest BCUT2D eigenvalue weighted by molar-refractivity contribution is 0.102. The number of amides is 1. The molecule has 108 valence electrons. The normalized spacial score (nSPS) is 14.6. The van der Waals surface area contributed by atoms with Gasteiger partial charge in [-0.1, -0.05) is 24.3 Å². The number of nitrogens with one attached hydrogen (secondary N) is 1. The molecule has 0 saturated heterocycles. The van der Waals surface area contributed by atoms with Gasteiger partial charge in [-0.25, -0.2) is 0 Å². The van der Waals surface area contributed by atoms with E-state index >= 15 is 0 Å². The van der Waals surface area contributed by atoms with E-state index in [0.29, 0.717) is 0 Å². The van der Waals surface area contributed by atoms with Gasteiger partial charge in [-0.15, -0.1) is 0 Å². The van der Waals surface area contributed by atoms with Gasteiger partial charge in [-0.3, -0.25) is 4.79 Å². The van der Waals surface area contributed by atoms with Gasteiger partial charge >= 0.3 is 0 Å². The first-order valence-corrected chi connectivity index (χ1v) is 8.08. The van der Waals surface area contributed by atoms with Gasteiger partial charge in [-0.2, -0.15) is 0 Å². The third-order valence-corrected chi connectivity index (χ3v) is 4.76. The van der Waals surface area contributed by atoms with Crippen molar-refractivity contribution in [2.75, 3.05) is 18.9 Å². The molecule has 2 aromatic rings. The summed E-state index contributed by atoms with van der Waals surface area (Å²) in [7, 11) is 2.13. The van der Waals surface area contributed by atoms with E-state index in [9.17, 15) is 4.79 Å². The Kier molecular flexibility index (Phi) is 4.26. The average molecular weight is 392 g/mol. The van der Waals surface area contributed by atoms with Crippen LogP contribution in [0.1, 0.15) is 21.5 Å². The fraction of sp³-hybridized carbons (Fsp3) is 0.235. The van der Waals surface area contributed by atoms with E-state index in [1.54, 1.807) is 0 Å². The summed E-state index contributed by atoms with van der Waals surface area (Å²) in [6.07, 6.45) is 0.980. The number of likely N-dealkylation sites (N-methyl/N-ethyl adjacent to an activating group) is 1. The molecule has 1 N–H and O–H groups in total. The summed E-state index contributed by atoms with van der Waals surface area (Å²) in [5.41, 5.74) is 4.26. The minimum absolute atomic E-state index is 0.0349. The molecule has 1 aliphatic rings. The van der Waals surface area contributed by atoms with Crippen LogP contribution in [0.4, 0.5) is 5.69 Å². The molecule has 1 aliphatic heterocycles. The van der Waals surface area contributed by atoms with Gasteiger partial charge < -0.3 is 10.2 Å². The molecule has 0 bridgehead atoms. The standard InChI is InChI=1S/C17H17IN2O/c1-20-10-9-13-12(11-20)5-4-8-16(13)19-17(21)14-6-2-3-7-15(14)18/h2-8H,9-11H2,1H3,(H,19,21). The molecule has 21 heavy (non-hydrogen) atoms. The Hall–Kier alpha value is -1.40. The van der Waals surface area contributed by atoms with Gasteiger partial charge in [0.05, 0.1) is 5.56 Å². The highest BCUT2D eigenvalue weighted by atomic mass is 127. The molecule has 0 spiro atoms. The van der Waals surface area contributed by atoms with E-state index in [1.807, 2.05) is 36.4 Å². The number of carbonyl (C=O) groups is 1. The van der Waals surface area contributed by atoms with Crippen molar-refractivity contribution in [1.29, 1.82) is 0 Å². The van der Waals surface area contributed by atoms with E-state index in [2.05, 4.69) is 45.9 Å². The second kappa shape index (κ2) is 6.15. The fourth-order valence-corrected chi connectivity index (χ4v) is 3.33. The van der Waals surface area contributed by atoms with Crippen molar-refractivity contribution in [3.63, 3.8) is 0 Å². The van der Waals surface area contributed by atoms with Crippen LogP contribution in [-0.2, 0) is 13.0 Å². The first-order valence-electron chi connectivity index (χ1n) is 7.00. The summed E-state index contributed by atoms with van der Waals surface area (Å²) in [6, 6.07) is 13.8. The van der Waals surface area contributed by atoms with Gasteiger partial charge in [0, 0.05) is 22.3 Å². The van der Waals surface area contributed by atoms with Gasteiger partial charge in [0.2, 0.25) is 0 Å². The number of fused-ring (bicyclic) bond motifs is 1. The summed E-state index contributed by atoms with van der Waals surface area (Å²) in [6.45, 7) is 1.98. The number of anilines is 1. The Bertz CT molecular complexity index is 684. The smallest absolute Gasteiger partial charge is 0.256 e. The highest BCUT2D eigenvalue weighted by Crippen LogP contribution is 2.26. The van der Waals surface area contributed by atoms with E-state index in [1.165, 1.54) is 11.1 Å². The Balaban J connectivity index is 1.88. The zero-order valence-corrected chi connectivity index (χ0v) is 14.1. The van der Waals surface area contributed by atoms with Gasteiger partial charge in [0.15, 0.2) is 0 Å². The maximum Gasteiger partial charge on any atom is 0.256 e. The Morgan fingerprint density at radius 2 is 2.00 bits per heavy atom. The highest BCUT2D eigenvalue weighted by Gasteiger charge is 2.18. The molecular weight excluding hydrogens is 375 g/mol. The molecular formula is C17H17IN2O. The largest absolute Gasteiger partial charge is 0.322 e. The van der Waals surface area contributed by atoms with Gasteiger partial charge in [0.1, 0.15) is 0 Å². The van der Waals surface area contributed by atoms with Crippen molar-refractivity contribution in [2.24, 2.45) is 0 Å². The van der Waals surface area contributed by atoms with Crippen molar-refractivity contribution in [3.05, 3.63) is 62.7 Å². The molecule has 1 heterocycles. The quantitative estimate of drug-likeness (QED) is 0.794. The molecule has 0 fully saturated rings. The van der Waals surface area contributed by atoms with Gasteiger partial charge in [0.25, 0.3) is 5.91 Å². The number of rotatable bonds is 2. The van der Waals surface area contributed by atoms with Crippen LogP contribution in [0.3, 0.4) is 0 Å². The predicted octanol–water partition coefficient (Wildman–Crippen LogP) is 3.53. The summed E-state index contributed by atoms with van der Waals surface area (Å²) in [5, 5.41) is 3.08. The lowest BCUT2D eigenvalue weighted by Crippen LogP contribution is -2.27. The van der Waals surface area contributed by atoms with Crippen LogP contribution in [0.2, 0.25) is 0 Å². The van der Waals surface area contributed by atoms with E-state index in [0.717, 1.165) is 34.3 Å². The molecule has 0 saturated carbocycles. The van der Waals surface area contributed by atoms with Crippen LogP contribution < -0.4 is 5.32 Å². The van der Waals surface area contributed by atoms with Crippen LogP contribution in [-0.4, -0.2) is 24.4 Å². The summed E-state index contributed by atoms with van der Waals surface area (Å²) >= 11 is 2.20. The molecule has 3 rings (SSSR count). The molecule has 1 amide bonds. The van der Waals surface area contributed by atoms with Crippen LogP contribution in [0.15, 0.2) is 42.5 Å². The SMILES string of the molecule is CN1CCc2c(cccc2NC(=O)c2ccccc2I)C1. The van der Waals surface area contributed by atoms with Crippen LogP contribution in [0.5, 0.6) is 0 Å². The zero-order valence-electron chi connectivity index (χ0n) is 11.9. The van der Waals surface area contributed by atoms with Crippen molar-refractivity contribution in [2.45, 2.75) is 13.0 Å². The van der Waals surface area contributed by atoms with Crippen molar-refractivity contribution in [1.82, 2.24) is 4.90 Å². The summed E-state index contributed by atoms with van der Waals surface area (Å²) in [4.78, 5) is 14.8. The number of hydrogen-bond acceptors (Lipinski definition) is 2. The number of halogens is 1. The maximum absolute atomic E-state index is 12.5. The molecule has 0 atom stereocenters. The summed E-state index contributed by atoms with van der Waals surface area (Å²) < 4.78 is 0.970. The molecule has 0 radical (unpaired) electrons. The predicted molar refractivity (Wildman–Crippen MR) is 93.6 cm³/mol. The maximum atomic E-state index is 12.5. The topological polar surface area (TPSA) is 32.3 Å². The Labute approximate surface area is 138 Å². The second-order valence-corrected chi connectivity index (χ2v) is 6.53. The zero-order chi connectivity index (χ0) is 14.8. The van der Waals surface area contributed by atoms with E-state index < -0.39 is 0 Å². The van der Waals surface area contributed by atoms with Crippen molar-refractivity contribution >= 4 is 34.2 Å².